The zero-order valence-corrected chi connectivity index (χ0v) is 10.4. The highest BCUT2D eigenvalue weighted by Crippen LogP contribution is 2.29. The topological polar surface area (TPSA) is 29.1 Å². The number of hydrogen-bond acceptors (Lipinski definition) is 1. The lowest BCUT2D eigenvalue weighted by molar-refractivity contribution is -0.137. The zero-order chi connectivity index (χ0) is 12.9. The molecule has 0 aromatic heterocycles. The van der Waals surface area contributed by atoms with Crippen molar-refractivity contribution in [2.24, 2.45) is 0 Å². The lowest BCUT2D eigenvalue weighted by Gasteiger charge is -2.08. The van der Waals surface area contributed by atoms with Gasteiger partial charge in [0, 0.05) is 17.4 Å². The smallest absolute Gasteiger partial charge is 0.352 e. The van der Waals surface area contributed by atoms with Crippen molar-refractivity contribution in [2.75, 3.05) is 11.9 Å². The van der Waals surface area contributed by atoms with E-state index in [1.807, 2.05) is 0 Å². The maximum atomic E-state index is 12.4. The number of halogens is 4. The van der Waals surface area contributed by atoms with Crippen LogP contribution in [0.15, 0.2) is 24.3 Å². The quantitative estimate of drug-likeness (QED) is 0.671. The third kappa shape index (κ3) is 4.38. The Balaban J connectivity index is 2.74. The molecule has 2 nitrogen and oxygen atoms in total. The predicted octanol–water partition coefficient (Wildman–Crippen LogP) is 3.22. The van der Waals surface area contributed by atoms with E-state index in [0.29, 0.717) is 6.54 Å². The van der Waals surface area contributed by atoms with Gasteiger partial charge in [-0.1, -0.05) is 22.0 Å². The third-order valence-electron chi connectivity index (χ3n) is 2.05. The standard InChI is InChI=1S/C11H11BrF3NO/c12-5-2-6-16-10(17)8-3-1-4-9(7-8)11(13,14)15/h1,3-4,7H,2,5-6H2,(H,16,17). The van der Waals surface area contributed by atoms with E-state index in [2.05, 4.69) is 21.2 Å². The van der Waals surface area contributed by atoms with E-state index in [9.17, 15) is 18.0 Å². The lowest BCUT2D eigenvalue weighted by Crippen LogP contribution is -2.25. The van der Waals surface area contributed by atoms with E-state index in [1.165, 1.54) is 12.1 Å². The second-order valence-electron chi connectivity index (χ2n) is 3.38. The van der Waals surface area contributed by atoms with Gasteiger partial charge < -0.3 is 5.32 Å². The fourth-order valence-corrected chi connectivity index (χ4v) is 1.49. The summed E-state index contributed by atoms with van der Waals surface area (Å²) in [6.07, 6.45) is -3.70. The molecule has 0 unspecified atom stereocenters. The molecule has 17 heavy (non-hydrogen) atoms. The van der Waals surface area contributed by atoms with Crippen molar-refractivity contribution in [1.29, 1.82) is 0 Å². The third-order valence-corrected chi connectivity index (χ3v) is 2.61. The van der Waals surface area contributed by atoms with Gasteiger partial charge in [-0.05, 0) is 24.6 Å². The molecule has 0 saturated carbocycles. The Morgan fingerprint density at radius 3 is 2.65 bits per heavy atom. The summed E-state index contributed by atoms with van der Waals surface area (Å²) in [6, 6.07) is 4.37. The number of carbonyl (C=O) groups is 1. The summed E-state index contributed by atoms with van der Waals surface area (Å²) < 4.78 is 37.2. The van der Waals surface area contributed by atoms with Crippen molar-refractivity contribution in [3.63, 3.8) is 0 Å². The Bertz CT molecular complexity index is 393. The van der Waals surface area contributed by atoms with Gasteiger partial charge in [0.1, 0.15) is 0 Å². The van der Waals surface area contributed by atoms with E-state index < -0.39 is 17.6 Å². The van der Waals surface area contributed by atoms with Gasteiger partial charge in [0.05, 0.1) is 5.56 Å². The summed E-state index contributed by atoms with van der Waals surface area (Å²) in [4.78, 5) is 11.5. The Hall–Kier alpha value is -1.04. The molecule has 0 heterocycles. The van der Waals surface area contributed by atoms with Crippen molar-refractivity contribution in [3.05, 3.63) is 35.4 Å². The monoisotopic (exact) mass is 309 g/mol. The fraction of sp³-hybridized carbons (Fsp3) is 0.364. The number of rotatable bonds is 4. The van der Waals surface area contributed by atoms with Crippen LogP contribution in [0.4, 0.5) is 13.2 Å². The van der Waals surface area contributed by atoms with Crippen LogP contribution >= 0.6 is 15.9 Å². The molecule has 0 aliphatic heterocycles. The summed E-state index contributed by atoms with van der Waals surface area (Å²) >= 11 is 3.19. The number of hydrogen-bond donors (Lipinski definition) is 1. The van der Waals surface area contributed by atoms with Gasteiger partial charge in [-0.15, -0.1) is 0 Å². The van der Waals surface area contributed by atoms with Crippen LogP contribution in [0.5, 0.6) is 0 Å². The fourth-order valence-electron chi connectivity index (χ4n) is 1.21. The molecule has 1 N–H and O–H groups in total. The van der Waals surface area contributed by atoms with Crippen LogP contribution in [-0.4, -0.2) is 17.8 Å². The minimum absolute atomic E-state index is 0.0226. The first-order valence-electron chi connectivity index (χ1n) is 4.96. The van der Waals surface area contributed by atoms with Gasteiger partial charge in [-0.2, -0.15) is 13.2 Å². The molecule has 0 aliphatic carbocycles. The Kier molecular flexibility index (Phi) is 4.99. The van der Waals surface area contributed by atoms with E-state index in [1.54, 1.807) is 0 Å². The van der Waals surface area contributed by atoms with Crippen LogP contribution < -0.4 is 5.32 Å². The molecule has 6 heteroatoms. The van der Waals surface area contributed by atoms with E-state index in [-0.39, 0.29) is 5.56 Å². The van der Waals surface area contributed by atoms with Crippen LogP contribution in [0.3, 0.4) is 0 Å². The van der Waals surface area contributed by atoms with Crippen LogP contribution in [0, 0.1) is 0 Å². The number of alkyl halides is 4. The van der Waals surface area contributed by atoms with Crippen molar-refractivity contribution in [2.45, 2.75) is 12.6 Å². The van der Waals surface area contributed by atoms with E-state index >= 15 is 0 Å². The van der Waals surface area contributed by atoms with E-state index in [4.69, 9.17) is 0 Å². The van der Waals surface area contributed by atoms with Gasteiger partial charge in [0.25, 0.3) is 5.91 Å². The summed E-state index contributed by atoms with van der Waals surface area (Å²) in [7, 11) is 0. The SMILES string of the molecule is O=C(NCCCBr)c1cccc(C(F)(F)F)c1. The highest BCUT2D eigenvalue weighted by atomic mass is 79.9. The van der Waals surface area contributed by atoms with Crippen molar-refractivity contribution >= 4 is 21.8 Å². The average molecular weight is 310 g/mol. The summed E-state index contributed by atoms with van der Waals surface area (Å²) in [5, 5.41) is 3.27. The summed E-state index contributed by atoms with van der Waals surface area (Å²) in [5.74, 6) is -0.489. The Morgan fingerprint density at radius 1 is 1.35 bits per heavy atom. The van der Waals surface area contributed by atoms with Crippen LogP contribution in [0.2, 0.25) is 0 Å². The molecule has 0 fully saturated rings. The van der Waals surface area contributed by atoms with Crippen molar-refractivity contribution < 1.29 is 18.0 Å². The molecule has 1 amide bonds. The van der Waals surface area contributed by atoms with Crippen molar-refractivity contribution in [3.8, 4) is 0 Å². The molecule has 0 saturated heterocycles. The highest BCUT2D eigenvalue weighted by molar-refractivity contribution is 9.09. The molecular formula is C11H11BrF3NO. The second-order valence-corrected chi connectivity index (χ2v) is 4.17. The Labute approximate surface area is 105 Å². The van der Waals surface area contributed by atoms with Crippen molar-refractivity contribution in [1.82, 2.24) is 5.32 Å². The van der Waals surface area contributed by atoms with Gasteiger partial charge in [-0.25, -0.2) is 0 Å². The number of nitrogens with one attached hydrogen (secondary N) is 1. The molecule has 0 radical (unpaired) electrons. The lowest BCUT2D eigenvalue weighted by atomic mass is 10.1. The molecule has 1 rings (SSSR count). The first kappa shape index (κ1) is 14.0. The molecule has 0 spiro atoms. The number of benzene rings is 1. The molecule has 0 bridgehead atoms. The van der Waals surface area contributed by atoms with Gasteiger partial charge in [0.15, 0.2) is 0 Å². The first-order chi connectivity index (χ1) is 7.95. The van der Waals surface area contributed by atoms with Crippen LogP contribution in [-0.2, 0) is 6.18 Å². The first-order valence-corrected chi connectivity index (χ1v) is 6.08. The molecule has 0 aliphatic rings. The van der Waals surface area contributed by atoms with Crippen LogP contribution in [0.1, 0.15) is 22.3 Å². The zero-order valence-electron chi connectivity index (χ0n) is 8.85. The number of carbonyl (C=O) groups excluding carboxylic acids is 1. The average Bonchev–Trinajstić information content (AvgIpc) is 2.28. The highest BCUT2D eigenvalue weighted by Gasteiger charge is 2.30. The summed E-state index contributed by atoms with van der Waals surface area (Å²) in [6.45, 7) is 0.431. The van der Waals surface area contributed by atoms with Gasteiger partial charge >= 0.3 is 6.18 Å². The van der Waals surface area contributed by atoms with E-state index in [0.717, 1.165) is 23.9 Å². The molecule has 94 valence electrons. The Morgan fingerprint density at radius 2 is 2.06 bits per heavy atom. The van der Waals surface area contributed by atoms with Gasteiger partial charge in [0.2, 0.25) is 0 Å². The predicted molar refractivity (Wildman–Crippen MR) is 62.2 cm³/mol. The van der Waals surface area contributed by atoms with Crippen LogP contribution in [0.25, 0.3) is 0 Å². The maximum absolute atomic E-state index is 12.4. The number of amides is 1. The normalized spacial score (nSPS) is 11.3. The summed E-state index contributed by atoms with van der Waals surface area (Å²) in [5.41, 5.74) is -0.792. The van der Waals surface area contributed by atoms with Gasteiger partial charge in [-0.3, -0.25) is 4.79 Å². The largest absolute Gasteiger partial charge is 0.416 e. The molecule has 1 aromatic rings. The molecule has 0 atom stereocenters. The minimum Gasteiger partial charge on any atom is -0.352 e. The maximum Gasteiger partial charge on any atom is 0.416 e. The minimum atomic E-state index is -4.42. The second kappa shape index (κ2) is 6.05. The molecular weight excluding hydrogens is 299 g/mol. The molecule has 1 aromatic carbocycles.